The Bertz CT molecular complexity index is 251. The molecule has 0 aromatic heterocycles. The Morgan fingerprint density at radius 1 is 1.36 bits per heavy atom. The van der Waals surface area contributed by atoms with Crippen molar-refractivity contribution in [2.24, 2.45) is 5.41 Å². The summed E-state index contributed by atoms with van der Waals surface area (Å²) in [5, 5.41) is 8.84. The van der Waals surface area contributed by atoms with Crippen molar-refractivity contribution in [3.63, 3.8) is 0 Å². The van der Waals surface area contributed by atoms with Gasteiger partial charge in [0.15, 0.2) is 0 Å². The molecule has 0 spiro atoms. The number of rotatable bonds is 7. The van der Waals surface area contributed by atoms with Gasteiger partial charge in [0.05, 0.1) is 0 Å². The summed E-state index contributed by atoms with van der Waals surface area (Å²) in [5.41, 5.74) is -0.992. The molecule has 1 aliphatic carbocycles. The van der Waals surface area contributed by atoms with Crippen LogP contribution >= 0.6 is 0 Å². The number of hydrogen-bond acceptors (Lipinski definition) is 2. The van der Waals surface area contributed by atoms with Gasteiger partial charge in [-0.25, -0.2) is 0 Å². The number of carbonyl (C=O) groups excluding carboxylic acids is 1. The van der Waals surface area contributed by atoms with Crippen LogP contribution in [0.15, 0.2) is 12.7 Å². The molecule has 3 heteroatoms. The molecule has 1 saturated carbocycles. The van der Waals surface area contributed by atoms with Crippen molar-refractivity contribution in [3.8, 4) is 0 Å². The highest BCUT2D eigenvalue weighted by Crippen LogP contribution is 2.47. The van der Waals surface area contributed by atoms with Crippen LogP contribution in [0.25, 0.3) is 0 Å². The number of unbranched alkanes of at least 4 members (excludes halogenated alkanes) is 2. The number of ketones is 1. The molecule has 3 nitrogen and oxygen atoms in total. The summed E-state index contributed by atoms with van der Waals surface area (Å²) >= 11 is 0. The van der Waals surface area contributed by atoms with Gasteiger partial charge in [-0.2, -0.15) is 0 Å². The van der Waals surface area contributed by atoms with Crippen LogP contribution in [0, 0.1) is 5.41 Å². The van der Waals surface area contributed by atoms with E-state index in [9.17, 15) is 9.59 Å². The van der Waals surface area contributed by atoms with Crippen molar-refractivity contribution >= 4 is 11.8 Å². The molecule has 0 heterocycles. The van der Waals surface area contributed by atoms with Gasteiger partial charge in [-0.1, -0.05) is 6.08 Å². The molecule has 0 amide bonds. The van der Waals surface area contributed by atoms with E-state index < -0.39 is 11.4 Å². The van der Waals surface area contributed by atoms with Gasteiger partial charge in [0.2, 0.25) is 0 Å². The highest BCUT2D eigenvalue weighted by atomic mass is 16.4. The standard InChI is InChI=1S/C11H16O3/c1-2-3-4-5-6-9(12)11(7-8-11)10(13)14/h2H,1,3-8H2,(H,13,14). The minimum absolute atomic E-state index is 0.0888. The van der Waals surface area contributed by atoms with Crippen LogP contribution in [0.1, 0.15) is 38.5 Å². The fraction of sp³-hybridized carbons (Fsp3) is 0.636. The van der Waals surface area contributed by atoms with Gasteiger partial charge in [0.25, 0.3) is 0 Å². The van der Waals surface area contributed by atoms with Crippen LogP contribution in [0.2, 0.25) is 0 Å². The minimum Gasteiger partial charge on any atom is -0.480 e. The van der Waals surface area contributed by atoms with Gasteiger partial charge in [-0.05, 0) is 32.1 Å². The van der Waals surface area contributed by atoms with E-state index in [1.54, 1.807) is 0 Å². The highest BCUT2D eigenvalue weighted by molar-refractivity contribution is 6.05. The molecule has 0 aromatic carbocycles. The number of carboxylic acids is 1. The average molecular weight is 196 g/mol. The average Bonchev–Trinajstić information content (AvgIpc) is 2.92. The molecule has 0 atom stereocenters. The smallest absolute Gasteiger partial charge is 0.317 e. The third-order valence-corrected chi connectivity index (χ3v) is 2.76. The fourth-order valence-electron chi connectivity index (χ4n) is 1.55. The summed E-state index contributed by atoms with van der Waals surface area (Å²) in [6.45, 7) is 3.59. The first kappa shape index (κ1) is 11.0. The first-order chi connectivity index (χ1) is 6.63. The third kappa shape index (κ3) is 2.22. The van der Waals surface area contributed by atoms with Gasteiger partial charge in [0.1, 0.15) is 11.2 Å². The summed E-state index contributed by atoms with van der Waals surface area (Å²) in [5.74, 6) is -1.03. The number of carboxylic acid groups (broad SMARTS) is 1. The largest absolute Gasteiger partial charge is 0.480 e. The second-order valence-electron chi connectivity index (χ2n) is 3.84. The maximum absolute atomic E-state index is 11.5. The lowest BCUT2D eigenvalue weighted by molar-refractivity contribution is -0.148. The summed E-state index contributed by atoms with van der Waals surface area (Å²) < 4.78 is 0. The molecule has 14 heavy (non-hydrogen) atoms. The Labute approximate surface area is 83.8 Å². The Balaban J connectivity index is 2.28. The molecule has 0 unspecified atom stereocenters. The Morgan fingerprint density at radius 3 is 2.43 bits per heavy atom. The Kier molecular flexibility index (Phi) is 3.44. The van der Waals surface area contributed by atoms with Gasteiger partial charge in [0, 0.05) is 6.42 Å². The molecular weight excluding hydrogens is 180 g/mol. The number of hydrogen-bond donors (Lipinski definition) is 1. The lowest BCUT2D eigenvalue weighted by Gasteiger charge is -2.07. The molecule has 0 aliphatic heterocycles. The van der Waals surface area contributed by atoms with Gasteiger partial charge in [-0.15, -0.1) is 6.58 Å². The van der Waals surface area contributed by atoms with Crippen molar-refractivity contribution in [1.29, 1.82) is 0 Å². The van der Waals surface area contributed by atoms with E-state index in [0.29, 0.717) is 19.3 Å². The monoisotopic (exact) mass is 196 g/mol. The summed E-state index contributed by atoms with van der Waals surface area (Å²) in [7, 11) is 0. The maximum Gasteiger partial charge on any atom is 0.317 e. The van der Waals surface area contributed by atoms with Crippen molar-refractivity contribution in [1.82, 2.24) is 0 Å². The summed E-state index contributed by atoms with van der Waals surface area (Å²) in [6.07, 6.45) is 5.87. The van der Waals surface area contributed by atoms with E-state index in [1.807, 2.05) is 6.08 Å². The fourth-order valence-corrected chi connectivity index (χ4v) is 1.55. The lowest BCUT2D eigenvalue weighted by Crippen LogP contribution is -2.25. The molecule has 1 rings (SSSR count). The van der Waals surface area contributed by atoms with Crippen molar-refractivity contribution in [2.45, 2.75) is 38.5 Å². The molecule has 78 valence electrons. The normalized spacial score (nSPS) is 17.4. The van der Waals surface area contributed by atoms with Gasteiger partial charge in [-0.3, -0.25) is 9.59 Å². The zero-order valence-corrected chi connectivity index (χ0v) is 8.29. The number of aliphatic carboxylic acids is 1. The zero-order chi connectivity index (χ0) is 10.6. The first-order valence-corrected chi connectivity index (χ1v) is 5.01. The quantitative estimate of drug-likeness (QED) is 0.385. The van der Waals surface area contributed by atoms with E-state index in [2.05, 4.69) is 6.58 Å². The Hall–Kier alpha value is -1.12. The van der Waals surface area contributed by atoms with E-state index in [4.69, 9.17) is 5.11 Å². The SMILES string of the molecule is C=CCCCCC(=O)C1(C(=O)O)CC1. The van der Waals surface area contributed by atoms with Crippen LogP contribution in [0.3, 0.4) is 0 Å². The minimum atomic E-state index is -0.992. The topological polar surface area (TPSA) is 54.4 Å². The molecular formula is C11H16O3. The number of Topliss-reactive ketones (excluding diaryl/α,β-unsaturated/α-hetero) is 1. The first-order valence-electron chi connectivity index (χ1n) is 5.01. The number of carbonyl (C=O) groups is 2. The molecule has 1 fully saturated rings. The second-order valence-corrected chi connectivity index (χ2v) is 3.84. The third-order valence-electron chi connectivity index (χ3n) is 2.76. The van der Waals surface area contributed by atoms with Crippen molar-refractivity contribution < 1.29 is 14.7 Å². The predicted octanol–water partition coefficient (Wildman–Crippen LogP) is 2.17. The summed E-state index contributed by atoms with van der Waals surface area (Å²) in [4.78, 5) is 22.3. The molecule has 0 radical (unpaired) electrons. The Morgan fingerprint density at radius 2 is 2.00 bits per heavy atom. The molecule has 0 bridgehead atoms. The van der Waals surface area contributed by atoms with Crippen LogP contribution < -0.4 is 0 Å². The number of allylic oxidation sites excluding steroid dienone is 1. The molecule has 0 saturated heterocycles. The van der Waals surface area contributed by atoms with E-state index >= 15 is 0 Å². The van der Waals surface area contributed by atoms with Crippen LogP contribution in [-0.2, 0) is 9.59 Å². The molecule has 1 aliphatic rings. The van der Waals surface area contributed by atoms with Gasteiger partial charge < -0.3 is 5.11 Å². The van der Waals surface area contributed by atoms with Crippen LogP contribution in [-0.4, -0.2) is 16.9 Å². The summed E-state index contributed by atoms with van der Waals surface area (Å²) in [6, 6.07) is 0. The van der Waals surface area contributed by atoms with E-state index in [-0.39, 0.29) is 5.78 Å². The second kappa shape index (κ2) is 4.40. The van der Waals surface area contributed by atoms with Gasteiger partial charge >= 0.3 is 5.97 Å². The zero-order valence-electron chi connectivity index (χ0n) is 8.29. The predicted molar refractivity (Wildman–Crippen MR) is 53.0 cm³/mol. The molecule has 0 aromatic rings. The van der Waals surface area contributed by atoms with E-state index in [1.165, 1.54) is 0 Å². The lowest BCUT2D eigenvalue weighted by atomic mass is 9.96. The van der Waals surface area contributed by atoms with Crippen molar-refractivity contribution in [3.05, 3.63) is 12.7 Å². The molecule has 1 N–H and O–H groups in total. The van der Waals surface area contributed by atoms with Crippen LogP contribution in [0.5, 0.6) is 0 Å². The van der Waals surface area contributed by atoms with Crippen molar-refractivity contribution in [2.75, 3.05) is 0 Å². The van der Waals surface area contributed by atoms with Crippen LogP contribution in [0.4, 0.5) is 0 Å². The van der Waals surface area contributed by atoms with E-state index in [0.717, 1.165) is 19.3 Å². The highest BCUT2D eigenvalue weighted by Gasteiger charge is 2.55. The maximum atomic E-state index is 11.5.